The van der Waals surface area contributed by atoms with Crippen molar-refractivity contribution in [3.63, 3.8) is 0 Å². The molecule has 0 aliphatic carbocycles. The SMILES string of the molecule is Cc1cc(CN)cc(O)c1O. The maximum Gasteiger partial charge on any atom is 0.160 e. The quantitative estimate of drug-likeness (QED) is 0.524. The molecule has 60 valence electrons. The number of benzene rings is 1. The highest BCUT2D eigenvalue weighted by atomic mass is 16.3. The Morgan fingerprint density at radius 2 is 2.00 bits per heavy atom. The Labute approximate surface area is 65.1 Å². The minimum atomic E-state index is -0.106. The fourth-order valence-electron chi connectivity index (χ4n) is 0.952. The van der Waals surface area contributed by atoms with Gasteiger partial charge in [0.25, 0.3) is 0 Å². The predicted molar refractivity (Wildman–Crippen MR) is 42.4 cm³/mol. The van der Waals surface area contributed by atoms with Crippen molar-refractivity contribution in [3.05, 3.63) is 23.3 Å². The summed E-state index contributed by atoms with van der Waals surface area (Å²) < 4.78 is 0. The molecule has 0 heterocycles. The lowest BCUT2D eigenvalue weighted by Gasteiger charge is -2.03. The second-order valence-electron chi connectivity index (χ2n) is 2.48. The van der Waals surface area contributed by atoms with E-state index in [2.05, 4.69) is 0 Å². The van der Waals surface area contributed by atoms with E-state index in [4.69, 9.17) is 15.9 Å². The van der Waals surface area contributed by atoms with E-state index < -0.39 is 0 Å². The Bertz CT molecular complexity index is 248. The highest BCUT2D eigenvalue weighted by Crippen LogP contribution is 2.29. The van der Waals surface area contributed by atoms with E-state index in [1.165, 1.54) is 6.07 Å². The van der Waals surface area contributed by atoms with Gasteiger partial charge in [0.2, 0.25) is 0 Å². The molecule has 11 heavy (non-hydrogen) atoms. The number of hydrogen-bond donors (Lipinski definition) is 3. The minimum absolute atomic E-state index is 0.0674. The van der Waals surface area contributed by atoms with E-state index in [0.29, 0.717) is 12.1 Å². The van der Waals surface area contributed by atoms with Crippen LogP contribution in [-0.2, 0) is 6.54 Å². The largest absolute Gasteiger partial charge is 0.504 e. The topological polar surface area (TPSA) is 66.5 Å². The van der Waals surface area contributed by atoms with Crippen LogP contribution in [0.2, 0.25) is 0 Å². The molecule has 0 amide bonds. The average molecular weight is 153 g/mol. The standard InChI is InChI=1S/C8H11NO2/c1-5-2-6(4-9)3-7(10)8(5)11/h2-3,10-11H,4,9H2,1H3. The van der Waals surface area contributed by atoms with Crippen molar-refractivity contribution in [1.29, 1.82) is 0 Å². The highest BCUT2D eigenvalue weighted by molar-refractivity contribution is 5.46. The first kappa shape index (κ1) is 7.88. The van der Waals surface area contributed by atoms with Crippen LogP contribution in [0.5, 0.6) is 11.5 Å². The van der Waals surface area contributed by atoms with Crippen molar-refractivity contribution in [1.82, 2.24) is 0 Å². The van der Waals surface area contributed by atoms with Gasteiger partial charge < -0.3 is 15.9 Å². The Hall–Kier alpha value is -1.22. The van der Waals surface area contributed by atoms with Gasteiger partial charge in [-0.2, -0.15) is 0 Å². The molecule has 3 heteroatoms. The summed E-state index contributed by atoms with van der Waals surface area (Å²) in [7, 11) is 0. The molecule has 0 aromatic heterocycles. The van der Waals surface area contributed by atoms with E-state index in [1.54, 1.807) is 13.0 Å². The molecule has 4 N–H and O–H groups in total. The van der Waals surface area contributed by atoms with E-state index in [9.17, 15) is 0 Å². The van der Waals surface area contributed by atoms with Crippen LogP contribution in [0, 0.1) is 6.92 Å². The maximum absolute atomic E-state index is 9.14. The molecular weight excluding hydrogens is 142 g/mol. The number of aromatic hydroxyl groups is 2. The molecule has 0 saturated heterocycles. The molecule has 0 atom stereocenters. The number of hydrogen-bond acceptors (Lipinski definition) is 3. The van der Waals surface area contributed by atoms with Gasteiger partial charge in [-0.3, -0.25) is 0 Å². The zero-order valence-electron chi connectivity index (χ0n) is 6.33. The Morgan fingerprint density at radius 3 is 2.45 bits per heavy atom. The lowest BCUT2D eigenvalue weighted by molar-refractivity contribution is 0.400. The van der Waals surface area contributed by atoms with Crippen molar-refractivity contribution in [3.8, 4) is 11.5 Å². The molecule has 0 saturated carbocycles. The molecule has 0 unspecified atom stereocenters. The molecule has 0 fully saturated rings. The summed E-state index contributed by atoms with van der Waals surface area (Å²) in [5, 5.41) is 18.2. The smallest absolute Gasteiger partial charge is 0.160 e. The molecule has 1 aromatic carbocycles. The first-order valence-electron chi connectivity index (χ1n) is 3.36. The fraction of sp³-hybridized carbons (Fsp3) is 0.250. The van der Waals surface area contributed by atoms with Gasteiger partial charge in [-0.1, -0.05) is 6.07 Å². The van der Waals surface area contributed by atoms with Crippen LogP contribution in [0.1, 0.15) is 11.1 Å². The van der Waals surface area contributed by atoms with Gasteiger partial charge in [-0.05, 0) is 24.1 Å². The number of aryl methyl sites for hydroxylation is 1. The molecular formula is C8H11NO2. The molecule has 1 aromatic rings. The first-order chi connectivity index (χ1) is 5.15. The third-order valence-corrected chi connectivity index (χ3v) is 1.58. The number of phenols is 2. The van der Waals surface area contributed by atoms with Gasteiger partial charge in [0.1, 0.15) is 0 Å². The summed E-state index contributed by atoms with van der Waals surface area (Å²) in [6, 6.07) is 3.21. The highest BCUT2D eigenvalue weighted by Gasteiger charge is 2.03. The zero-order chi connectivity index (χ0) is 8.43. The van der Waals surface area contributed by atoms with Crippen molar-refractivity contribution < 1.29 is 10.2 Å². The van der Waals surface area contributed by atoms with E-state index >= 15 is 0 Å². The molecule has 0 aliphatic rings. The maximum atomic E-state index is 9.14. The Morgan fingerprint density at radius 1 is 1.36 bits per heavy atom. The van der Waals surface area contributed by atoms with Gasteiger partial charge in [-0.25, -0.2) is 0 Å². The third kappa shape index (κ3) is 1.43. The van der Waals surface area contributed by atoms with Gasteiger partial charge in [0, 0.05) is 6.54 Å². The van der Waals surface area contributed by atoms with Gasteiger partial charge in [-0.15, -0.1) is 0 Å². The number of rotatable bonds is 1. The fourth-order valence-corrected chi connectivity index (χ4v) is 0.952. The monoisotopic (exact) mass is 153 g/mol. The number of phenolic OH excluding ortho intramolecular Hbond substituents is 2. The molecule has 1 rings (SSSR count). The van der Waals surface area contributed by atoms with Gasteiger partial charge in [0.15, 0.2) is 11.5 Å². The normalized spacial score (nSPS) is 10.0. The van der Waals surface area contributed by atoms with Crippen LogP contribution in [0.3, 0.4) is 0 Å². The van der Waals surface area contributed by atoms with Crippen molar-refractivity contribution in [2.45, 2.75) is 13.5 Å². The van der Waals surface area contributed by atoms with Gasteiger partial charge in [0.05, 0.1) is 0 Å². The first-order valence-corrected chi connectivity index (χ1v) is 3.36. The average Bonchev–Trinajstić information content (AvgIpc) is 1.99. The zero-order valence-corrected chi connectivity index (χ0v) is 6.33. The minimum Gasteiger partial charge on any atom is -0.504 e. The molecule has 0 radical (unpaired) electrons. The predicted octanol–water partition coefficient (Wildman–Crippen LogP) is 0.865. The summed E-state index contributed by atoms with van der Waals surface area (Å²) in [4.78, 5) is 0. The van der Waals surface area contributed by atoms with Crippen LogP contribution in [0.4, 0.5) is 0 Å². The Balaban J connectivity index is 3.21. The van der Waals surface area contributed by atoms with Gasteiger partial charge >= 0.3 is 0 Å². The van der Waals surface area contributed by atoms with Crippen LogP contribution in [0.15, 0.2) is 12.1 Å². The van der Waals surface area contributed by atoms with Crippen LogP contribution in [-0.4, -0.2) is 10.2 Å². The Kier molecular flexibility index (Phi) is 2.01. The lowest BCUT2D eigenvalue weighted by atomic mass is 10.1. The van der Waals surface area contributed by atoms with E-state index in [-0.39, 0.29) is 11.5 Å². The van der Waals surface area contributed by atoms with Crippen LogP contribution >= 0.6 is 0 Å². The summed E-state index contributed by atoms with van der Waals surface area (Å²) in [5.74, 6) is -0.173. The summed E-state index contributed by atoms with van der Waals surface area (Å²) in [5.41, 5.74) is 6.81. The van der Waals surface area contributed by atoms with E-state index in [1.807, 2.05) is 0 Å². The lowest BCUT2D eigenvalue weighted by Crippen LogP contribution is -1.96. The molecule has 0 aliphatic heterocycles. The van der Waals surface area contributed by atoms with Crippen LogP contribution in [0.25, 0.3) is 0 Å². The summed E-state index contributed by atoms with van der Waals surface area (Å²) in [6.45, 7) is 2.09. The summed E-state index contributed by atoms with van der Waals surface area (Å²) in [6.07, 6.45) is 0. The van der Waals surface area contributed by atoms with Crippen molar-refractivity contribution in [2.24, 2.45) is 5.73 Å². The third-order valence-electron chi connectivity index (χ3n) is 1.58. The van der Waals surface area contributed by atoms with E-state index in [0.717, 1.165) is 5.56 Å². The molecule has 0 bridgehead atoms. The summed E-state index contributed by atoms with van der Waals surface area (Å²) >= 11 is 0. The second kappa shape index (κ2) is 2.80. The second-order valence-corrected chi connectivity index (χ2v) is 2.48. The van der Waals surface area contributed by atoms with Crippen molar-refractivity contribution in [2.75, 3.05) is 0 Å². The molecule has 3 nitrogen and oxygen atoms in total. The molecule has 0 spiro atoms. The van der Waals surface area contributed by atoms with Crippen LogP contribution < -0.4 is 5.73 Å². The number of nitrogens with two attached hydrogens (primary N) is 1. The van der Waals surface area contributed by atoms with Crippen molar-refractivity contribution >= 4 is 0 Å².